The summed E-state index contributed by atoms with van der Waals surface area (Å²) in [4.78, 5) is 22.6. The highest BCUT2D eigenvalue weighted by atomic mass is 16.4. The molecule has 0 aliphatic heterocycles. The fourth-order valence-electron chi connectivity index (χ4n) is 2.62. The molecule has 1 amide bonds. The van der Waals surface area contributed by atoms with Crippen molar-refractivity contribution in [1.82, 2.24) is 5.32 Å². The largest absolute Gasteiger partial charge is 0.481 e. The Bertz CT molecular complexity index is 294. The first-order valence-electron chi connectivity index (χ1n) is 7.51. The summed E-state index contributed by atoms with van der Waals surface area (Å²) >= 11 is 0. The molecule has 1 aliphatic rings. The van der Waals surface area contributed by atoms with Crippen molar-refractivity contribution in [2.45, 2.75) is 71.3 Å². The summed E-state index contributed by atoms with van der Waals surface area (Å²) in [6, 6.07) is 0.188. The molecule has 0 bridgehead atoms. The minimum atomic E-state index is -0.696. The van der Waals surface area contributed by atoms with Gasteiger partial charge in [0.25, 0.3) is 0 Å². The van der Waals surface area contributed by atoms with Gasteiger partial charge in [-0.05, 0) is 38.0 Å². The average Bonchev–Trinajstić information content (AvgIpc) is 2.35. The maximum atomic E-state index is 11.7. The van der Waals surface area contributed by atoms with Crippen molar-refractivity contribution in [2.75, 3.05) is 0 Å². The van der Waals surface area contributed by atoms with Crippen LogP contribution in [0.2, 0.25) is 0 Å². The van der Waals surface area contributed by atoms with Crippen LogP contribution in [0.3, 0.4) is 0 Å². The molecule has 0 aromatic carbocycles. The van der Waals surface area contributed by atoms with Gasteiger partial charge in [0.15, 0.2) is 0 Å². The Labute approximate surface area is 116 Å². The topological polar surface area (TPSA) is 66.4 Å². The summed E-state index contributed by atoms with van der Waals surface area (Å²) in [5.41, 5.74) is 0. The zero-order chi connectivity index (χ0) is 14.3. The first kappa shape index (κ1) is 16.0. The highest BCUT2D eigenvalue weighted by Crippen LogP contribution is 2.24. The van der Waals surface area contributed by atoms with E-state index < -0.39 is 5.97 Å². The van der Waals surface area contributed by atoms with Gasteiger partial charge in [-0.15, -0.1) is 0 Å². The van der Waals surface area contributed by atoms with Gasteiger partial charge in [-0.2, -0.15) is 0 Å². The predicted molar refractivity (Wildman–Crippen MR) is 74.8 cm³/mol. The third kappa shape index (κ3) is 6.60. The predicted octanol–water partition coefficient (Wildman–Crippen LogP) is 2.96. The zero-order valence-electron chi connectivity index (χ0n) is 12.2. The average molecular weight is 269 g/mol. The van der Waals surface area contributed by atoms with Gasteiger partial charge in [0, 0.05) is 12.5 Å². The molecule has 0 unspecified atom stereocenters. The molecular weight excluding hydrogens is 242 g/mol. The lowest BCUT2D eigenvalue weighted by Gasteiger charge is -2.26. The van der Waals surface area contributed by atoms with Gasteiger partial charge in [-0.25, -0.2) is 0 Å². The Morgan fingerprint density at radius 1 is 1.16 bits per heavy atom. The third-order valence-electron chi connectivity index (χ3n) is 3.88. The molecule has 2 N–H and O–H groups in total. The van der Waals surface area contributed by atoms with Gasteiger partial charge in [0.2, 0.25) is 5.91 Å². The number of unbranched alkanes of at least 4 members (excludes halogenated alkanes) is 1. The van der Waals surface area contributed by atoms with E-state index in [0.29, 0.717) is 25.2 Å². The van der Waals surface area contributed by atoms with Crippen molar-refractivity contribution in [1.29, 1.82) is 0 Å². The first-order chi connectivity index (χ1) is 8.99. The lowest BCUT2D eigenvalue weighted by molar-refractivity contribution is -0.142. The maximum absolute atomic E-state index is 11.7. The fourth-order valence-corrected chi connectivity index (χ4v) is 2.62. The van der Waals surface area contributed by atoms with Gasteiger partial charge in [0.1, 0.15) is 0 Å². The van der Waals surface area contributed by atoms with Crippen molar-refractivity contribution in [3.05, 3.63) is 0 Å². The highest BCUT2D eigenvalue weighted by Gasteiger charge is 2.26. The normalized spacial score (nSPS) is 23.3. The summed E-state index contributed by atoms with van der Waals surface area (Å²) in [7, 11) is 0. The molecule has 1 fully saturated rings. The molecular formula is C15H27NO3. The van der Waals surface area contributed by atoms with Gasteiger partial charge >= 0.3 is 5.97 Å². The van der Waals surface area contributed by atoms with Gasteiger partial charge in [0.05, 0.1) is 5.92 Å². The van der Waals surface area contributed by atoms with E-state index in [9.17, 15) is 9.59 Å². The Hall–Kier alpha value is -1.06. The van der Waals surface area contributed by atoms with Crippen LogP contribution in [-0.4, -0.2) is 23.0 Å². The van der Waals surface area contributed by atoms with E-state index >= 15 is 0 Å². The number of carbonyl (C=O) groups is 2. The van der Waals surface area contributed by atoms with Crippen LogP contribution in [0.15, 0.2) is 0 Å². The smallest absolute Gasteiger partial charge is 0.306 e. The van der Waals surface area contributed by atoms with Crippen LogP contribution >= 0.6 is 0 Å². The highest BCUT2D eigenvalue weighted by molar-refractivity contribution is 5.76. The van der Waals surface area contributed by atoms with Crippen molar-refractivity contribution < 1.29 is 14.7 Å². The fraction of sp³-hybridized carbons (Fsp3) is 0.867. The third-order valence-corrected chi connectivity index (χ3v) is 3.88. The van der Waals surface area contributed by atoms with Crippen molar-refractivity contribution in [3.8, 4) is 0 Å². The first-order valence-corrected chi connectivity index (χ1v) is 7.51. The maximum Gasteiger partial charge on any atom is 0.306 e. The van der Waals surface area contributed by atoms with Crippen LogP contribution in [0, 0.1) is 11.8 Å². The summed E-state index contributed by atoms with van der Waals surface area (Å²) in [5.74, 6) is -0.0745. The molecule has 0 heterocycles. The second kappa shape index (κ2) is 8.18. The van der Waals surface area contributed by atoms with Crippen molar-refractivity contribution >= 4 is 11.9 Å². The number of carboxylic acid groups (broad SMARTS) is 1. The SMILES string of the molecule is CC(C)CCCCC(=O)NC1CCC(C(=O)O)CC1. The number of hydrogen-bond donors (Lipinski definition) is 2. The molecule has 0 radical (unpaired) electrons. The second-order valence-corrected chi connectivity index (χ2v) is 6.09. The summed E-state index contributed by atoms with van der Waals surface area (Å²) in [6.07, 6.45) is 6.82. The minimum absolute atomic E-state index is 0.127. The summed E-state index contributed by atoms with van der Waals surface area (Å²) < 4.78 is 0. The quantitative estimate of drug-likeness (QED) is 0.698. The lowest BCUT2D eigenvalue weighted by Crippen LogP contribution is -2.38. The van der Waals surface area contributed by atoms with E-state index in [1.54, 1.807) is 0 Å². The van der Waals surface area contributed by atoms with Crippen LogP contribution in [0.25, 0.3) is 0 Å². The monoisotopic (exact) mass is 269 g/mol. The Kier molecular flexibility index (Phi) is 6.89. The number of hydrogen-bond acceptors (Lipinski definition) is 2. The van der Waals surface area contributed by atoms with E-state index in [2.05, 4.69) is 19.2 Å². The number of amides is 1. The molecule has 19 heavy (non-hydrogen) atoms. The Morgan fingerprint density at radius 3 is 2.32 bits per heavy atom. The van der Waals surface area contributed by atoms with Crippen LogP contribution < -0.4 is 5.32 Å². The molecule has 1 rings (SSSR count). The molecule has 4 heteroatoms. The lowest BCUT2D eigenvalue weighted by atomic mass is 9.86. The second-order valence-electron chi connectivity index (χ2n) is 6.09. The standard InChI is InChI=1S/C15H27NO3/c1-11(2)5-3-4-6-14(17)16-13-9-7-12(8-10-13)15(18)19/h11-13H,3-10H2,1-2H3,(H,16,17)(H,18,19). The minimum Gasteiger partial charge on any atom is -0.481 e. The van der Waals surface area contributed by atoms with E-state index in [0.717, 1.165) is 25.7 Å². The Morgan fingerprint density at radius 2 is 1.79 bits per heavy atom. The van der Waals surface area contributed by atoms with Crippen LogP contribution in [0.4, 0.5) is 0 Å². The molecule has 0 aromatic rings. The molecule has 110 valence electrons. The number of carboxylic acids is 1. The van der Waals surface area contributed by atoms with Gasteiger partial charge < -0.3 is 10.4 Å². The van der Waals surface area contributed by atoms with Crippen LogP contribution in [0.1, 0.15) is 65.2 Å². The van der Waals surface area contributed by atoms with E-state index in [1.165, 1.54) is 6.42 Å². The van der Waals surface area contributed by atoms with Crippen molar-refractivity contribution in [2.24, 2.45) is 11.8 Å². The summed E-state index contributed by atoms with van der Waals surface area (Å²) in [6.45, 7) is 4.39. The molecule has 4 nitrogen and oxygen atoms in total. The molecule has 1 saturated carbocycles. The zero-order valence-corrected chi connectivity index (χ0v) is 12.2. The molecule has 0 atom stereocenters. The molecule has 0 aromatic heterocycles. The van der Waals surface area contributed by atoms with Gasteiger partial charge in [-0.1, -0.05) is 26.7 Å². The summed E-state index contributed by atoms with van der Waals surface area (Å²) in [5, 5.41) is 11.9. The van der Waals surface area contributed by atoms with Crippen LogP contribution in [-0.2, 0) is 9.59 Å². The number of aliphatic carboxylic acids is 1. The molecule has 0 spiro atoms. The van der Waals surface area contributed by atoms with Crippen molar-refractivity contribution in [3.63, 3.8) is 0 Å². The van der Waals surface area contributed by atoms with E-state index in [1.807, 2.05) is 0 Å². The number of carbonyl (C=O) groups excluding carboxylic acids is 1. The van der Waals surface area contributed by atoms with E-state index in [-0.39, 0.29) is 17.9 Å². The Balaban J connectivity index is 2.11. The molecule has 0 saturated heterocycles. The van der Waals surface area contributed by atoms with Gasteiger partial charge in [-0.3, -0.25) is 9.59 Å². The number of nitrogens with one attached hydrogen (secondary N) is 1. The van der Waals surface area contributed by atoms with Crippen LogP contribution in [0.5, 0.6) is 0 Å². The van der Waals surface area contributed by atoms with E-state index in [4.69, 9.17) is 5.11 Å². The number of rotatable bonds is 7. The molecule has 1 aliphatic carbocycles.